The first-order valence-electron chi connectivity index (χ1n) is 12.1. The summed E-state index contributed by atoms with van der Waals surface area (Å²) in [6, 6.07) is 12.3. The second-order valence-corrected chi connectivity index (χ2v) is 11.0. The number of rotatable bonds is 12. The third kappa shape index (κ3) is 7.42. The molecule has 2 aromatic heterocycles. The average molecular weight is 570 g/mol. The lowest BCUT2D eigenvalue weighted by Gasteiger charge is -2.17. The number of esters is 1. The van der Waals surface area contributed by atoms with Crippen LogP contribution >= 0.6 is 11.3 Å². The Hall–Kier alpha value is -4.23. The lowest BCUT2D eigenvalue weighted by atomic mass is 10.0. The monoisotopic (exact) mass is 569 g/mol. The highest BCUT2D eigenvalue weighted by Gasteiger charge is 2.24. The Kier molecular flexibility index (Phi) is 8.94. The van der Waals surface area contributed by atoms with Crippen LogP contribution in [0.1, 0.15) is 25.3 Å². The molecule has 0 unspecified atom stereocenters. The number of hydrogen-bond donors (Lipinski definition) is 4. The number of anilines is 2. The first-order chi connectivity index (χ1) is 18.7. The average Bonchev–Trinajstić information content (AvgIpc) is 3.57. The maximum absolute atomic E-state index is 12.6. The van der Waals surface area contributed by atoms with Gasteiger partial charge in [-0.3, -0.25) is 14.3 Å². The van der Waals surface area contributed by atoms with Crippen LogP contribution in [0.15, 0.2) is 71.2 Å². The van der Waals surface area contributed by atoms with Crippen molar-refractivity contribution in [3.63, 3.8) is 0 Å². The number of aromatic amines is 1. The molecule has 0 fully saturated rings. The van der Waals surface area contributed by atoms with Gasteiger partial charge in [-0.2, -0.15) is 0 Å². The van der Waals surface area contributed by atoms with Gasteiger partial charge in [-0.05, 0) is 42.8 Å². The molecule has 0 spiro atoms. The van der Waals surface area contributed by atoms with Gasteiger partial charge in [-0.15, -0.1) is 11.3 Å². The van der Waals surface area contributed by atoms with Gasteiger partial charge in [0.15, 0.2) is 5.13 Å². The summed E-state index contributed by atoms with van der Waals surface area (Å²) in [6.45, 7) is 1.86. The van der Waals surface area contributed by atoms with Gasteiger partial charge in [0.2, 0.25) is 11.8 Å². The van der Waals surface area contributed by atoms with Crippen molar-refractivity contribution in [3.8, 4) is 0 Å². The van der Waals surface area contributed by atoms with Crippen LogP contribution in [-0.4, -0.2) is 48.8 Å². The highest BCUT2D eigenvalue weighted by atomic mass is 32.2. The molecule has 0 aliphatic heterocycles. The van der Waals surface area contributed by atoms with Crippen molar-refractivity contribution >= 4 is 60.9 Å². The van der Waals surface area contributed by atoms with Crippen LogP contribution in [0.2, 0.25) is 0 Å². The Bertz CT molecular complexity index is 1550. The fourth-order valence-electron chi connectivity index (χ4n) is 3.84. The zero-order chi connectivity index (χ0) is 27.8. The Labute approximate surface area is 229 Å². The van der Waals surface area contributed by atoms with E-state index in [1.54, 1.807) is 18.5 Å². The molecule has 2 amide bonds. The fourth-order valence-corrected chi connectivity index (χ4v) is 5.63. The molecule has 0 saturated carbocycles. The summed E-state index contributed by atoms with van der Waals surface area (Å²) < 4.78 is 32.4. The number of hydrogen-bond acceptors (Lipinski definition) is 8. The number of amides is 2. The number of carbonyl (C=O) groups excluding carboxylic acids is 3. The quantitative estimate of drug-likeness (QED) is 0.190. The number of nitrogens with zero attached hydrogens (tertiary/aromatic N) is 1. The largest absolute Gasteiger partial charge is 0.464 e. The number of para-hydroxylation sites is 1. The maximum Gasteiger partial charge on any atom is 0.328 e. The Morgan fingerprint density at radius 1 is 1.05 bits per heavy atom. The summed E-state index contributed by atoms with van der Waals surface area (Å²) in [5.74, 6) is -1.47. The van der Waals surface area contributed by atoms with E-state index in [1.807, 2.05) is 24.3 Å². The van der Waals surface area contributed by atoms with Crippen LogP contribution in [0.5, 0.6) is 0 Å². The Morgan fingerprint density at radius 2 is 1.79 bits per heavy atom. The number of ether oxygens (including phenoxy) is 1. The van der Waals surface area contributed by atoms with E-state index in [0.29, 0.717) is 5.69 Å². The van der Waals surface area contributed by atoms with Gasteiger partial charge in [0.05, 0.1) is 11.5 Å². The summed E-state index contributed by atoms with van der Waals surface area (Å²) in [4.78, 5) is 44.6. The topological polar surface area (TPSA) is 159 Å². The molecular weight excluding hydrogens is 542 g/mol. The minimum atomic E-state index is -3.81. The van der Waals surface area contributed by atoms with Crippen molar-refractivity contribution in [1.82, 2.24) is 15.3 Å². The van der Waals surface area contributed by atoms with Crippen molar-refractivity contribution in [2.75, 3.05) is 16.6 Å². The van der Waals surface area contributed by atoms with Crippen LogP contribution in [0.4, 0.5) is 10.8 Å². The molecule has 0 aliphatic carbocycles. The third-order valence-electron chi connectivity index (χ3n) is 5.69. The van der Waals surface area contributed by atoms with Gasteiger partial charge in [0, 0.05) is 53.6 Å². The van der Waals surface area contributed by atoms with E-state index in [-0.39, 0.29) is 35.9 Å². The number of fused-ring (bicyclic) bond motifs is 1. The standard InChI is InChI=1S/C26H27N5O6S2/c1-2-37-25(34)22(15-17-16-28-21-6-4-3-5-20(17)21)30-24(33)12-11-23(32)29-18-7-9-19(10-8-18)39(35,36)31-26-27-13-14-38-26/h3-10,13-14,16,22,28H,2,11-12,15H2,1H3,(H,27,31)(H,29,32)(H,30,33)/t22-/m0/s1. The van der Waals surface area contributed by atoms with E-state index in [2.05, 4.69) is 25.3 Å². The second kappa shape index (κ2) is 12.5. The van der Waals surface area contributed by atoms with Gasteiger partial charge in [-0.1, -0.05) is 18.2 Å². The lowest BCUT2D eigenvalue weighted by molar-refractivity contribution is -0.147. The molecule has 0 aliphatic rings. The van der Waals surface area contributed by atoms with E-state index in [1.165, 1.54) is 30.5 Å². The van der Waals surface area contributed by atoms with Crippen molar-refractivity contribution in [3.05, 3.63) is 71.9 Å². The molecule has 11 nitrogen and oxygen atoms in total. The van der Waals surface area contributed by atoms with Crippen molar-refractivity contribution < 1.29 is 27.5 Å². The van der Waals surface area contributed by atoms with Crippen molar-refractivity contribution in [2.45, 2.75) is 37.1 Å². The van der Waals surface area contributed by atoms with Crippen molar-refractivity contribution in [1.29, 1.82) is 0 Å². The number of aromatic nitrogens is 2. The zero-order valence-electron chi connectivity index (χ0n) is 21.0. The van der Waals surface area contributed by atoms with Gasteiger partial charge < -0.3 is 20.4 Å². The molecule has 13 heteroatoms. The van der Waals surface area contributed by atoms with Crippen LogP contribution in [-0.2, 0) is 35.6 Å². The number of benzene rings is 2. The Balaban J connectivity index is 1.30. The number of thiazole rings is 1. The molecule has 0 radical (unpaired) electrons. The minimum absolute atomic E-state index is 0.00952. The maximum atomic E-state index is 12.6. The molecule has 1 atom stereocenters. The molecule has 0 bridgehead atoms. The molecule has 2 heterocycles. The highest BCUT2D eigenvalue weighted by molar-refractivity contribution is 7.93. The van der Waals surface area contributed by atoms with Crippen molar-refractivity contribution in [2.24, 2.45) is 0 Å². The van der Waals surface area contributed by atoms with Gasteiger partial charge in [0.1, 0.15) is 6.04 Å². The predicted molar refractivity (Wildman–Crippen MR) is 148 cm³/mol. The number of sulfonamides is 1. The van der Waals surface area contributed by atoms with Crippen LogP contribution < -0.4 is 15.4 Å². The summed E-state index contributed by atoms with van der Waals surface area (Å²) in [6.07, 6.45) is 3.22. The lowest BCUT2D eigenvalue weighted by Crippen LogP contribution is -2.43. The molecule has 39 heavy (non-hydrogen) atoms. The number of H-pyrrole nitrogens is 1. The van der Waals surface area contributed by atoms with Gasteiger partial charge in [-0.25, -0.2) is 18.2 Å². The summed E-state index contributed by atoms with van der Waals surface area (Å²) in [5, 5.41) is 8.16. The normalized spacial score (nSPS) is 12.0. The fraction of sp³-hybridized carbons (Fsp3) is 0.231. The van der Waals surface area contributed by atoms with Gasteiger partial charge >= 0.3 is 5.97 Å². The van der Waals surface area contributed by atoms with E-state index in [4.69, 9.17) is 4.74 Å². The highest BCUT2D eigenvalue weighted by Crippen LogP contribution is 2.21. The molecule has 204 valence electrons. The summed E-state index contributed by atoms with van der Waals surface area (Å²) in [5.41, 5.74) is 2.14. The van der Waals surface area contributed by atoms with E-state index in [9.17, 15) is 22.8 Å². The van der Waals surface area contributed by atoms with E-state index < -0.39 is 33.8 Å². The number of carbonyl (C=O) groups is 3. The zero-order valence-corrected chi connectivity index (χ0v) is 22.6. The summed E-state index contributed by atoms with van der Waals surface area (Å²) >= 11 is 1.15. The van der Waals surface area contributed by atoms with Crippen LogP contribution in [0.3, 0.4) is 0 Å². The first-order valence-corrected chi connectivity index (χ1v) is 14.4. The minimum Gasteiger partial charge on any atom is -0.464 e. The molecule has 4 aromatic rings. The smallest absolute Gasteiger partial charge is 0.328 e. The second-order valence-electron chi connectivity index (χ2n) is 8.45. The van der Waals surface area contributed by atoms with E-state index >= 15 is 0 Å². The van der Waals surface area contributed by atoms with E-state index in [0.717, 1.165) is 27.8 Å². The van der Waals surface area contributed by atoms with Gasteiger partial charge in [0.25, 0.3) is 10.0 Å². The molecular formula is C26H27N5O6S2. The third-order valence-corrected chi connectivity index (χ3v) is 7.86. The van der Waals surface area contributed by atoms with Crippen LogP contribution in [0, 0.1) is 0 Å². The SMILES string of the molecule is CCOC(=O)[C@H](Cc1c[nH]c2ccccc12)NC(=O)CCC(=O)Nc1ccc(S(=O)(=O)Nc2nccs2)cc1. The molecule has 4 rings (SSSR count). The van der Waals surface area contributed by atoms with Crippen LogP contribution in [0.25, 0.3) is 10.9 Å². The Morgan fingerprint density at radius 3 is 2.51 bits per heavy atom. The molecule has 0 saturated heterocycles. The molecule has 2 aromatic carbocycles. The molecule has 4 N–H and O–H groups in total. The first kappa shape index (κ1) is 27.8. The predicted octanol–water partition coefficient (Wildman–Crippen LogP) is 3.43. The number of nitrogens with one attached hydrogen (secondary N) is 4. The summed E-state index contributed by atoms with van der Waals surface area (Å²) in [7, 11) is -3.81.